The molecule has 1 aliphatic carbocycles. The van der Waals surface area contributed by atoms with Gasteiger partial charge in [-0.1, -0.05) is 65.2 Å². The second-order valence-electron chi connectivity index (χ2n) is 6.22. The molecule has 0 saturated heterocycles. The lowest BCUT2D eigenvalue weighted by Crippen LogP contribution is -2.24. The maximum absolute atomic E-state index is 3.49. The molecule has 3 unspecified atom stereocenters. The lowest BCUT2D eigenvalue weighted by atomic mass is 9.87. The van der Waals surface area contributed by atoms with E-state index < -0.39 is 0 Å². The van der Waals surface area contributed by atoms with Crippen LogP contribution in [-0.2, 0) is 0 Å². The predicted octanol–water partition coefficient (Wildman–Crippen LogP) is 4.76. The van der Waals surface area contributed by atoms with Crippen LogP contribution in [0.15, 0.2) is 0 Å². The number of hydrogen-bond acceptors (Lipinski definition) is 1. The molecule has 0 aromatic rings. The van der Waals surface area contributed by atoms with E-state index in [1.54, 1.807) is 0 Å². The fourth-order valence-corrected chi connectivity index (χ4v) is 3.07. The molecule has 1 aliphatic rings. The van der Waals surface area contributed by atoms with Gasteiger partial charge in [0.1, 0.15) is 0 Å². The third kappa shape index (κ3) is 6.45. The van der Waals surface area contributed by atoms with E-state index in [1.165, 1.54) is 64.2 Å². The molecule has 1 nitrogen and oxygen atoms in total. The van der Waals surface area contributed by atoms with Crippen LogP contribution in [0.3, 0.4) is 0 Å². The van der Waals surface area contributed by atoms with Gasteiger partial charge in [-0.15, -0.1) is 0 Å². The summed E-state index contributed by atoms with van der Waals surface area (Å²) < 4.78 is 0. The van der Waals surface area contributed by atoms with E-state index in [2.05, 4.69) is 26.2 Å². The quantitative estimate of drug-likeness (QED) is 0.695. The Hall–Kier alpha value is -0.0400. The van der Waals surface area contributed by atoms with Crippen molar-refractivity contribution in [3.8, 4) is 0 Å². The van der Waals surface area contributed by atoms with Gasteiger partial charge in [0.25, 0.3) is 0 Å². The molecule has 1 N–H and O–H groups in total. The summed E-state index contributed by atoms with van der Waals surface area (Å²) in [7, 11) is 2.13. The smallest absolute Gasteiger partial charge is 0.00640 e. The first-order valence-corrected chi connectivity index (χ1v) is 7.91. The van der Waals surface area contributed by atoms with Gasteiger partial charge in [0.15, 0.2) is 0 Å². The number of rotatable bonds is 1. The van der Waals surface area contributed by atoms with Gasteiger partial charge in [0.05, 0.1) is 0 Å². The van der Waals surface area contributed by atoms with Crippen molar-refractivity contribution in [2.24, 2.45) is 11.8 Å². The summed E-state index contributed by atoms with van der Waals surface area (Å²) in [4.78, 5) is 0. The van der Waals surface area contributed by atoms with Crippen LogP contribution in [0.5, 0.6) is 0 Å². The molecule has 0 amide bonds. The number of nitrogens with one attached hydrogen (secondary N) is 1. The zero-order valence-electron chi connectivity index (χ0n) is 12.3. The molecular formula is C16H33N. The van der Waals surface area contributed by atoms with Gasteiger partial charge in [-0.05, 0) is 31.7 Å². The van der Waals surface area contributed by atoms with Crippen LogP contribution in [0.1, 0.15) is 78.1 Å². The van der Waals surface area contributed by atoms with E-state index in [1.807, 2.05) is 0 Å². The molecule has 1 saturated carbocycles. The third-order valence-electron chi connectivity index (χ3n) is 4.80. The van der Waals surface area contributed by atoms with Crippen molar-refractivity contribution in [3.63, 3.8) is 0 Å². The van der Waals surface area contributed by atoms with E-state index in [4.69, 9.17) is 0 Å². The van der Waals surface area contributed by atoms with Crippen LogP contribution >= 0.6 is 0 Å². The molecule has 3 atom stereocenters. The molecule has 102 valence electrons. The first-order valence-electron chi connectivity index (χ1n) is 7.91. The Morgan fingerprint density at radius 3 is 1.59 bits per heavy atom. The van der Waals surface area contributed by atoms with Crippen molar-refractivity contribution < 1.29 is 0 Å². The predicted molar refractivity (Wildman–Crippen MR) is 77.3 cm³/mol. The molecule has 17 heavy (non-hydrogen) atoms. The van der Waals surface area contributed by atoms with Gasteiger partial charge in [-0.3, -0.25) is 0 Å². The minimum atomic E-state index is 0.781. The minimum Gasteiger partial charge on any atom is -0.317 e. The van der Waals surface area contributed by atoms with Gasteiger partial charge in [-0.25, -0.2) is 0 Å². The van der Waals surface area contributed by atoms with E-state index in [-0.39, 0.29) is 0 Å². The summed E-state index contributed by atoms with van der Waals surface area (Å²) in [5.74, 6) is 1.87. The zero-order chi connectivity index (χ0) is 12.5. The SMILES string of the molecule is CNC1CCCCCCC(C)C(C)CCCC1. The van der Waals surface area contributed by atoms with E-state index >= 15 is 0 Å². The summed E-state index contributed by atoms with van der Waals surface area (Å²) in [6.07, 6.45) is 14.3. The van der Waals surface area contributed by atoms with Crippen molar-refractivity contribution in [1.29, 1.82) is 0 Å². The average Bonchev–Trinajstić information content (AvgIpc) is 2.35. The molecular weight excluding hydrogens is 206 g/mol. The molecule has 0 heterocycles. The van der Waals surface area contributed by atoms with E-state index in [0.29, 0.717) is 0 Å². The second kappa shape index (κ2) is 8.97. The molecule has 0 radical (unpaired) electrons. The van der Waals surface area contributed by atoms with Crippen LogP contribution in [0.2, 0.25) is 0 Å². The van der Waals surface area contributed by atoms with Gasteiger partial charge >= 0.3 is 0 Å². The summed E-state index contributed by atoms with van der Waals surface area (Å²) in [5, 5.41) is 3.49. The Kier molecular flexibility index (Phi) is 7.92. The molecule has 1 fully saturated rings. The van der Waals surface area contributed by atoms with Crippen molar-refractivity contribution in [3.05, 3.63) is 0 Å². The maximum atomic E-state index is 3.49. The topological polar surface area (TPSA) is 12.0 Å². The summed E-state index contributed by atoms with van der Waals surface area (Å²) in [5.41, 5.74) is 0. The lowest BCUT2D eigenvalue weighted by molar-refractivity contribution is 0.323. The van der Waals surface area contributed by atoms with E-state index in [0.717, 1.165) is 17.9 Å². The van der Waals surface area contributed by atoms with Crippen molar-refractivity contribution in [2.75, 3.05) is 7.05 Å². The molecule has 0 aliphatic heterocycles. The largest absolute Gasteiger partial charge is 0.317 e. The Morgan fingerprint density at radius 1 is 0.647 bits per heavy atom. The van der Waals surface area contributed by atoms with Crippen LogP contribution in [0.4, 0.5) is 0 Å². The third-order valence-corrected chi connectivity index (χ3v) is 4.80. The molecule has 0 aromatic carbocycles. The lowest BCUT2D eigenvalue weighted by Gasteiger charge is -2.20. The van der Waals surface area contributed by atoms with Gasteiger partial charge < -0.3 is 5.32 Å². The van der Waals surface area contributed by atoms with Crippen LogP contribution in [0, 0.1) is 11.8 Å². The van der Waals surface area contributed by atoms with Crippen molar-refractivity contribution >= 4 is 0 Å². The van der Waals surface area contributed by atoms with Gasteiger partial charge in [0, 0.05) is 6.04 Å². The highest BCUT2D eigenvalue weighted by molar-refractivity contribution is 4.68. The zero-order valence-corrected chi connectivity index (χ0v) is 12.3. The molecule has 1 rings (SSSR count). The Balaban J connectivity index is 2.34. The summed E-state index contributed by atoms with van der Waals surface area (Å²) >= 11 is 0. The normalized spacial score (nSPS) is 34.4. The van der Waals surface area contributed by atoms with Crippen LogP contribution in [0.25, 0.3) is 0 Å². The van der Waals surface area contributed by atoms with Gasteiger partial charge in [-0.2, -0.15) is 0 Å². The second-order valence-corrected chi connectivity index (χ2v) is 6.22. The highest BCUT2D eigenvalue weighted by Crippen LogP contribution is 2.25. The summed E-state index contributed by atoms with van der Waals surface area (Å²) in [6.45, 7) is 4.92. The standard InChI is InChI=1S/C16H33N/c1-14-10-6-4-5-7-12-16(17-3)13-9-8-11-15(14)2/h14-17H,4-13H2,1-3H3. The highest BCUT2D eigenvalue weighted by atomic mass is 14.9. The Morgan fingerprint density at radius 2 is 1.06 bits per heavy atom. The van der Waals surface area contributed by atoms with Gasteiger partial charge in [0.2, 0.25) is 0 Å². The maximum Gasteiger partial charge on any atom is 0.00640 e. The van der Waals surface area contributed by atoms with Crippen LogP contribution in [-0.4, -0.2) is 13.1 Å². The fraction of sp³-hybridized carbons (Fsp3) is 1.00. The van der Waals surface area contributed by atoms with Crippen molar-refractivity contribution in [2.45, 2.75) is 84.1 Å². The Labute approximate surface area is 109 Å². The molecule has 1 heteroatoms. The molecule has 0 aromatic heterocycles. The molecule has 0 spiro atoms. The number of hydrogen-bond donors (Lipinski definition) is 1. The summed E-state index contributed by atoms with van der Waals surface area (Å²) in [6, 6.07) is 0.781. The first-order chi connectivity index (χ1) is 8.24. The fourth-order valence-electron chi connectivity index (χ4n) is 3.07. The average molecular weight is 239 g/mol. The first kappa shape index (κ1) is 15.0. The van der Waals surface area contributed by atoms with Crippen molar-refractivity contribution in [1.82, 2.24) is 5.32 Å². The van der Waals surface area contributed by atoms with Crippen LogP contribution < -0.4 is 5.32 Å². The monoisotopic (exact) mass is 239 g/mol. The Bertz CT molecular complexity index is 172. The molecule has 0 bridgehead atoms. The highest BCUT2D eigenvalue weighted by Gasteiger charge is 2.13. The minimum absolute atomic E-state index is 0.781. The van der Waals surface area contributed by atoms with E-state index in [9.17, 15) is 0 Å².